The average Bonchev–Trinajstić information content (AvgIpc) is 3.01. The van der Waals surface area contributed by atoms with Crippen LogP contribution < -0.4 is 0 Å². The first-order valence-corrected chi connectivity index (χ1v) is 8.22. The molecule has 0 radical (unpaired) electrons. The first-order valence-electron chi connectivity index (χ1n) is 7.43. The van der Waals surface area contributed by atoms with E-state index in [0.29, 0.717) is 0 Å². The number of fused-ring (bicyclic) bond motifs is 1. The Morgan fingerprint density at radius 3 is 2.71 bits per heavy atom. The smallest absolute Gasteiger partial charge is 0.0767 e. The molecule has 4 heteroatoms. The van der Waals surface area contributed by atoms with Crippen LogP contribution in [0.15, 0.2) is 34.9 Å². The van der Waals surface area contributed by atoms with Crippen LogP contribution in [0.4, 0.5) is 0 Å². The van der Waals surface area contributed by atoms with Crippen molar-refractivity contribution in [2.24, 2.45) is 0 Å². The molecular weight excluding hydrogens is 326 g/mol. The predicted molar refractivity (Wildman–Crippen MR) is 90.8 cm³/mol. The summed E-state index contributed by atoms with van der Waals surface area (Å²) in [4.78, 5) is 0. The molecule has 2 aromatic heterocycles. The monoisotopic (exact) mass is 345 g/mol. The van der Waals surface area contributed by atoms with Gasteiger partial charge in [-0.1, -0.05) is 18.6 Å². The molecule has 0 bridgehead atoms. The molecule has 0 N–H and O–H groups in total. The summed E-state index contributed by atoms with van der Waals surface area (Å²) in [5, 5.41) is 5.97. The zero-order valence-corrected chi connectivity index (χ0v) is 14.3. The second-order valence-corrected chi connectivity index (χ2v) is 6.18. The van der Waals surface area contributed by atoms with Crippen LogP contribution in [0.1, 0.15) is 30.8 Å². The standard InChI is InChI=1S/C17H20BrN3/c1-4-14-17(18)16(21(5-2)19-14)11-20-9-8-13-10-12(3)6-7-15(13)20/h6-10H,4-5,11H2,1-3H3. The molecule has 110 valence electrons. The molecule has 0 fully saturated rings. The van der Waals surface area contributed by atoms with E-state index >= 15 is 0 Å². The number of benzene rings is 1. The molecule has 3 nitrogen and oxygen atoms in total. The van der Waals surface area contributed by atoms with Crippen LogP contribution in [0.25, 0.3) is 10.9 Å². The van der Waals surface area contributed by atoms with Crippen LogP contribution in [0.3, 0.4) is 0 Å². The maximum atomic E-state index is 4.68. The summed E-state index contributed by atoms with van der Waals surface area (Å²) >= 11 is 3.73. The van der Waals surface area contributed by atoms with Crippen LogP contribution in [-0.4, -0.2) is 14.3 Å². The first kappa shape index (κ1) is 14.4. The van der Waals surface area contributed by atoms with Crippen LogP contribution in [0.2, 0.25) is 0 Å². The topological polar surface area (TPSA) is 22.8 Å². The van der Waals surface area contributed by atoms with Gasteiger partial charge in [0.1, 0.15) is 0 Å². The number of halogens is 1. The van der Waals surface area contributed by atoms with E-state index in [9.17, 15) is 0 Å². The number of nitrogens with zero attached hydrogens (tertiary/aromatic N) is 3. The zero-order valence-electron chi connectivity index (χ0n) is 12.7. The molecule has 2 heterocycles. The van der Waals surface area contributed by atoms with Gasteiger partial charge in [0.25, 0.3) is 0 Å². The third-order valence-corrected chi connectivity index (χ3v) is 4.86. The maximum Gasteiger partial charge on any atom is 0.0767 e. The summed E-state index contributed by atoms with van der Waals surface area (Å²) in [6, 6.07) is 8.79. The molecule has 0 saturated carbocycles. The van der Waals surface area contributed by atoms with Gasteiger partial charge in [0.15, 0.2) is 0 Å². The van der Waals surface area contributed by atoms with Crippen LogP contribution in [0.5, 0.6) is 0 Å². The Bertz CT molecular complexity index is 783. The van der Waals surface area contributed by atoms with Gasteiger partial charge in [-0.25, -0.2) is 0 Å². The van der Waals surface area contributed by atoms with E-state index in [0.717, 1.165) is 29.7 Å². The summed E-state index contributed by atoms with van der Waals surface area (Å²) in [7, 11) is 0. The number of hydrogen-bond donors (Lipinski definition) is 0. The Balaban J connectivity index is 2.04. The van der Waals surface area contributed by atoms with E-state index in [1.54, 1.807) is 0 Å². The van der Waals surface area contributed by atoms with Gasteiger partial charge in [-0.15, -0.1) is 0 Å². The molecule has 0 aliphatic carbocycles. The summed E-state index contributed by atoms with van der Waals surface area (Å²) in [6.45, 7) is 8.15. The average molecular weight is 346 g/mol. The van der Waals surface area contributed by atoms with Crippen LogP contribution in [0, 0.1) is 6.92 Å². The lowest BCUT2D eigenvalue weighted by Crippen LogP contribution is -2.07. The highest BCUT2D eigenvalue weighted by Crippen LogP contribution is 2.25. The third kappa shape index (κ3) is 2.53. The highest BCUT2D eigenvalue weighted by atomic mass is 79.9. The summed E-state index contributed by atoms with van der Waals surface area (Å²) in [5.74, 6) is 0. The molecule has 21 heavy (non-hydrogen) atoms. The lowest BCUT2D eigenvalue weighted by Gasteiger charge is -2.08. The molecule has 0 atom stereocenters. The predicted octanol–water partition coefficient (Wildman–Crippen LogP) is 4.54. The van der Waals surface area contributed by atoms with E-state index in [1.807, 2.05) is 0 Å². The van der Waals surface area contributed by atoms with Gasteiger partial charge in [0.05, 0.1) is 22.4 Å². The second-order valence-electron chi connectivity index (χ2n) is 5.38. The summed E-state index contributed by atoms with van der Waals surface area (Å²) < 4.78 is 5.55. The molecular formula is C17H20BrN3. The van der Waals surface area contributed by atoms with Crippen molar-refractivity contribution >= 4 is 26.8 Å². The largest absolute Gasteiger partial charge is 0.341 e. The number of aromatic nitrogens is 3. The van der Waals surface area contributed by atoms with Gasteiger partial charge in [-0.3, -0.25) is 4.68 Å². The van der Waals surface area contributed by atoms with Gasteiger partial charge in [-0.2, -0.15) is 5.10 Å². The molecule has 0 aliphatic rings. The Hall–Kier alpha value is -1.55. The van der Waals surface area contributed by atoms with Gasteiger partial charge < -0.3 is 4.57 Å². The van der Waals surface area contributed by atoms with E-state index in [1.165, 1.54) is 22.2 Å². The molecule has 0 spiro atoms. The van der Waals surface area contributed by atoms with Crippen molar-refractivity contribution in [2.75, 3.05) is 0 Å². The summed E-state index contributed by atoms with van der Waals surface area (Å²) in [6.07, 6.45) is 3.11. The third-order valence-electron chi connectivity index (χ3n) is 3.94. The van der Waals surface area contributed by atoms with Gasteiger partial charge in [-0.05, 0) is 59.8 Å². The Labute approximate surface area is 133 Å². The fourth-order valence-corrected chi connectivity index (χ4v) is 3.48. The fraction of sp³-hybridized carbons (Fsp3) is 0.353. The van der Waals surface area contributed by atoms with Gasteiger partial charge >= 0.3 is 0 Å². The lowest BCUT2D eigenvalue weighted by molar-refractivity contribution is 0.598. The Kier molecular flexibility index (Phi) is 3.89. The zero-order chi connectivity index (χ0) is 15.0. The molecule has 0 saturated heterocycles. The molecule has 0 unspecified atom stereocenters. The van der Waals surface area contributed by atoms with Crippen molar-refractivity contribution in [1.82, 2.24) is 14.3 Å². The van der Waals surface area contributed by atoms with Crippen LogP contribution in [-0.2, 0) is 19.5 Å². The van der Waals surface area contributed by atoms with Crippen molar-refractivity contribution in [1.29, 1.82) is 0 Å². The highest BCUT2D eigenvalue weighted by Gasteiger charge is 2.14. The minimum atomic E-state index is 0.841. The Morgan fingerprint density at radius 1 is 1.19 bits per heavy atom. The number of rotatable bonds is 4. The second kappa shape index (κ2) is 5.68. The minimum Gasteiger partial charge on any atom is -0.341 e. The van der Waals surface area contributed by atoms with Crippen molar-refractivity contribution < 1.29 is 0 Å². The van der Waals surface area contributed by atoms with Crippen molar-refractivity contribution in [2.45, 2.75) is 40.3 Å². The summed E-state index contributed by atoms with van der Waals surface area (Å²) in [5.41, 5.74) is 4.95. The quantitative estimate of drug-likeness (QED) is 0.680. The normalized spacial score (nSPS) is 11.4. The van der Waals surface area contributed by atoms with E-state index < -0.39 is 0 Å². The molecule has 3 rings (SSSR count). The molecule has 3 aromatic rings. The van der Waals surface area contributed by atoms with Crippen molar-refractivity contribution in [3.63, 3.8) is 0 Å². The van der Waals surface area contributed by atoms with Gasteiger partial charge in [0.2, 0.25) is 0 Å². The van der Waals surface area contributed by atoms with Gasteiger partial charge in [0, 0.05) is 18.3 Å². The van der Waals surface area contributed by atoms with E-state index in [-0.39, 0.29) is 0 Å². The van der Waals surface area contributed by atoms with Crippen molar-refractivity contribution in [3.05, 3.63) is 51.9 Å². The minimum absolute atomic E-state index is 0.841. The Morgan fingerprint density at radius 2 is 2.00 bits per heavy atom. The van der Waals surface area contributed by atoms with E-state index in [2.05, 4.69) is 81.5 Å². The lowest BCUT2D eigenvalue weighted by atomic mass is 10.2. The molecule has 1 aromatic carbocycles. The fourth-order valence-electron chi connectivity index (χ4n) is 2.79. The van der Waals surface area contributed by atoms with Crippen LogP contribution >= 0.6 is 15.9 Å². The number of aryl methyl sites for hydroxylation is 3. The number of hydrogen-bond acceptors (Lipinski definition) is 1. The van der Waals surface area contributed by atoms with E-state index in [4.69, 9.17) is 0 Å². The molecule has 0 aliphatic heterocycles. The van der Waals surface area contributed by atoms with Crippen molar-refractivity contribution in [3.8, 4) is 0 Å². The first-order chi connectivity index (χ1) is 10.1. The maximum absolute atomic E-state index is 4.68. The molecule has 0 amide bonds. The SMILES string of the molecule is CCc1nn(CC)c(Cn2ccc3cc(C)ccc32)c1Br. The highest BCUT2D eigenvalue weighted by molar-refractivity contribution is 9.10.